The van der Waals surface area contributed by atoms with Crippen LogP contribution in [0.1, 0.15) is 23.7 Å². The number of carbonyl (C=O) groups is 1. The van der Waals surface area contributed by atoms with Crippen LogP contribution in [0.2, 0.25) is 0 Å². The monoisotopic (exact) mass is 328 g/mol. The number of rotatable bonds is 7. The van der Waals surface area contributed by atoms with Crippen molar-refractivity contribution in [2.75, 3.05) is 38.6 Å². The summed E-state index contributed by atoms with van der Waals surface area (Å²) in [7, 11) is 4.10. The lowest BCUT2D eigenvalue weighted by Crippen LogP contribution is -2.32. The molecule has 106 valence electrons. The fourth-order valence-corrected chi connectivity index (χ4v) is 2.37. The Morgan fingerprint density at radius 3 is 2.42 bits per heavy atom. The number of hydrogen-bond donors (Lipinski definition) is 1. The van der Waals surface area contributed by atoms with Crippen LogP contribution >= 0.6 is 15.9 Å². The van der Waals surface area contributed by atoms with Gasteiger partial charge in [-0.15, -0.1) is 0 Å². The van der Waals surface area contributed by atoms with Crippen LogP contribution in [0.4, 0.5) is 5.69 Å². The van der Waals surface area contributed by atoms with E-state index in [1.165, 1.54) is 0 Å². The van der Waals surface area contributed by atoms with Gasteiger partial charge in [-0.05, 0) is 54.6 Å². The van der Waals surface area contributed by atoms with E-state index < -0.39 is 5.97 Å². The van der Waals surface area contributed by atoms with Crippen LogP contribution in [0, 0.1) is 0 Å². The van der Waals surface area contributed by atoms with Gasteiger partial charge in [0.2, 0.25) is 0 Å². The first-order valence-corrected chi connectivity index (χ1v) is 7.17. The van der Waals surface area contributed by atoms with Crippen LogP contribution in [0.5, 0.6) is 0 Å². The molecule has 0 saturated heterocycles. The number of halogens is 1. The fraction of sp³-hybridized carbons (Fsp3) is 0.500. The minimum Gasteiger partial charge on any atom is -0.478 e. The van der Waals surface area contributed by atoms with Crippen LogP contribution in [-0.2, 0) is 0 Å². The van der Waals surface area contributed by atoms with Crippen LogP contribution in [-0.4, -0.2) is 49.7 Å². The van der Waals surface area contributed by atoms with E-state index in [0.29, 0.717) is 10.0 Å². The summed E-state index contributed by atoms with van der Waals surface area (Å²) < 4.78 is 0.628. The molecule has 0 atom stereocenters. The molecule has 1 rings (SSSR count). The number of nitrogens with zero attached hydrogens (tertiary/aromatic N) is 2. The maximum Gasteiger partial charge on any atom is 0.336 e. The van der Waals surface area contributed by atoms with Crippen molar-refractivity contribution in [3.05, 3.63) is 28.2 Å². The van der Waals surface area contributed by atoms with Gasteiger partial charge < -0.3 is 14.9 Å². The molecule has 0 radical (unpaired) electrons. The summed E-state index contributed by atoms with van der Waals surface area (Å²) in [5.74, 6) is -0.909. The molecule has 0 saturated carbocycles. The number of anilines is 1. The predicted octanol–water partition coefficient (Wildman–Crippen LogP) is 2.93. The average molecular weight is 329 g/mol. The van der Waals surface area contributed by atoms with Crippen molar-refractivity contribution < 1.29 is 9.90 Å². The minimum absolute atomic E-state index is 0.299. The molecule has 0 fully saturated rings. The Morgan fingerprint density at radius 2 is 1.95 bits per heavy atom. The van der Waals surface area contributed by atoms with Crippen LogP contribution in [0.3, 0.4) is 0 Å². The largest absolute Gasteiger partial charge is 0.478 e. The van der Waals surface area contributed by atoms with Crippen molar-refractivity contribution in [3.63, 3.8) is 0 Å². The molecule has 4 nitrogen and oxygen atoms in total. The molecular weight excluding hydrogens is 308 g/mol. The molecule has 0 heterocycles. The Morgan fingerprint density at radius 1 is 1.26 bits per heavy atom. The van der Waals surface area contributed by atoms with Crippen molar-refractivity contribution in [2.24, 2.45) is 0 Å². The van der Waals surface area contributed by atoms with Gasteiger partial charge in [-0.2, -0.15) is 0 Å². The lowest BCUT2D eigenvalue weighted by molar-refractivity contribution is 0.0696. The number of carboxylic acid groups (broad SMARTS) is 1. The smallest absolute Gasteiger partial charge is 0.336 e. The highest BCUT2D eigenvalue weighted by Gasteiger charge is 2.12. The van der Waals surface area contributed by atoms with Crippen molar-refractivity contribution >= 4 is 27.6 Å². The summed E-state index contributed by atoms with van der Waals surface area (Å²) in [5.41, 5.74) is 1.35. The highest BCUT2D eigenvalue weighted by Crippen LogP contribution is 2.24. The first-order chi connectivity index (χ1) is 8.95. The third-order valence-corrected chi connectivity index (χ3v) is 3.51. The topological polar surface area (TPSA) is 43.8 Å². The molecule has 0 aromatic heterocycles. The number of aromatic carboxylic acids is 1. The van der Waals surface area contributed by atoms with Gasteiger partial charge in [0.25, 0.3) is 0 Å². The molecule has 1 N–H and O–H groups in total. The van der Waals surface area contributed by atoms with Gasteiger partial charge in [-0.25, -0.2) is 4.79 Å². The Kier molecular flexibility index (Phi) is 6.31. The van der Waals surface area contributed by atoms with Gasteiger partial charge in [0.15, 0.2) is 0 Å². The minimum atomic E-state index is -0.909. The van der Waals surface area contributed by atoms with E-state index in [2.05, 4.69) is 32.7 Å². The molecule has 0 aliphatic rings. The maximum atomic E-state index is 11.0. The van der Waals surface area contributed by atoms with Gasteiger partial charge in [0.05, 0.1) is 5.56 Å². The summed E-state index contributed by atoms with van der Waals surface area (Å²) in [6.07, 6.45) is 1.06. The number of carboxylic acids is 1. The predicted molar refractivity (Wildman–Crippen MR) is 82.2 cm³/mol. The van der Waals surface area contributed by atoms with Gasteiger partial charge >= 0.3 is 5.97 Å². The fourth-order valence-electron chi connectivity index (χ4n) is 1.83. The summed E-state index contributed by atoms with van der Waals surface area (Å²) in [6.45, 7) is 5.01. The number of hydrogen-bond acceptors (Lipinski definition) is 3. The van der Waals surface area contributed by atoms with Gasteiger partial charge in [0, 0.05) is 29.8 Å². The van der Waals surface area contributed by atoms with E-state index >= 15 is 0 Å². The third kappa shape index (κ3) is 4.84. The second-order valence-electron chi connectivity index (χ2n) is 4.76. The molecule has 1 aromatic rings. The van der Waals surface area contributed by atoms with Crippen molar-refractivity contribution in [3.8, 4) is 0 Å². The Hall–Kier alpha value is -1.07. The molecule has 0 unspecified atom stereocenters. The lowest BCUT2D eigenvalue weighted by Gasteiger charge is -2.26. The molecule has 1 aromatic carbocycles. The van der Waals surface area contributed by atoms with Crippen molar-refractivity contribution in [1.82, 2.24) is 4.90 Å². The highest BCUT2D eigenvalue weighted by molar-refractivity contribution is 9.10. The lowest BCUT2D eigenvalue weighted by atomic mass is 10.2. The van der Waals surface area contributed by atoms with E-state index in [4.69, 9.17) is 5.11 Å². The molecule has 19 heavy (non-hydrogen) atoms. The zero-order valence-corrected chi connectivity index (χ0v) is 13.3. The van der Waals surface area contributed by atoms with Gasteiger partial charge in [0.1, 0.15) is 0 Å². The number of benzene rings is 1. The molecule has 0 bridgehead atoms. The van der Waals surface area contributed by atoms with E-state index in [1.54, 1.807) is 6.07 Å². The second-order valence-corrected chi connectivity index (χ2v) is 5.61. The molecule has 5 heteroatoms. The second kappa shape index (κ2) is 7.50. The van der Waals surface area contributed by atoms with Crippen LogP contribution < -0.4 is 4.90 Å². The quantitative estimate of drug-likeness (QED) is 0.835. The summed E-state index contributed by atoms with van der Waals surface area (Å²) in [6, 6.07) is 5.41. The summed E-state index contributed by atoms with van der Waals surface area (Å²) >= 11 is 3.33. The molecule has 0 amide bonds. The van der Waals surface area contributed by atoms with Gasteiger partial charge in [-0.1, -0.05) is 6.92 Å². The SMILES string of the molecule is CCCN(CCN(C)C)c1ccc(C(=O)O)c(Br)c1. The van der Waals surface area contributed by atoms with E-state index in [-0.39, 0.29) is 0 Å². The van der Waals surface area contributed by atoms with Crippen LogP contribution in [0.15, 0.2) is 22.7 Å². The third-order valence-electron chi connectivity index (χ3n) is 2.86. The Labute approximate surface area is 123 Å². The van der Waals surface area contributed by atoms with Crippen molar-refractivity contribution in [2.45, 2.75) is 13.3 Å². The molecular formula is C14H21BrN2O2. The first-order valence-electron chi connectivity index (χ1n) is 6.38. The standard InChI is InChI=1S/C14H21BrN2O2/c1-4-7-17(9-8-16(2)3)11-5-6-12(14(18)19)13(15)10-11/h5-6,10H,4,7-9H2,1-3H3,(H,18,19). The zero-order chi connectivity index (χ0) is 14.4. The van der Waals surface area contributed by atoms with Gasteiger partial charge in [-0.3, -0.25) is 0 Å². The van der Waals surface area contributed by atoms with E-state index in [0.717, 1.165) is 31.7 Å². The molecule has 0 spiro atoms. The molecule has 0 aliphatic carbocycles. The van der Waals surface area contributed by atoms with E-state index in [9.17, 15) is 4.79 Å². The number of likely N-dealkylation sites (N-methyl/N-ethyl adjacent to an activating group) is 1. The average Bonchev–Trinajstić information content (AvgIpc) is 2.33. The summed E-state index contributed by atoms with van der Waals surface area (Å²) in [4.78, 5) is 15.4. The zero-order valence-electron chi connectivity index (χ0n) is 11.7. The van der Waals surface area contributed by atoms with Crippen LogP contribution in [0.25, 0.3) is 0 Å². The van der Waals surface area contributed by atoms with Crippen molar-refractivity contribution in [1.29, 1.82) is 0 Å². The molecule has 0 aliphatic heterocycles. The normalized spacial score (nSPS) is 10.8. The van der Waals surface area contributed by atoms with E-state index in [1.807, 2.05) is 26.2 Å². The maximum absolute atomic E-state index is 11.0. The Balaban J connectivity index is 2.90. The highest BCUT2D eigenvalue weighted by atomic mass is 79.9. The summed E-state index contributed by atoms with van der Waals surface area (Å²) in [5, 5.41) is 9.02. The first kappa shape index (κ1) is 16.0. The Bertz CT molecular complexity index is 435.